The molecule has 2 aromatic carbocycles. The second-order valence-electron chi connectivity index (χ2n) is 8.54. The van der Waals surface area contributed by atoms with Gasteiger partial charge in [0.1, 0.15) is 12.6 Å². The second-order valence-corrected chi connectivity index (χ2v) is 8.54. The highest BCUT2D eigenvalue weighted by atomic mass is 16.1. The third-order valence-electron chi connectivity index (χ3n) is 6.69. The predicted octanol–water partition coefficient (Wildman–Crippen LogP) is 4.80. The first-order valence-corrected chi connectivity index (χ1v) is 11.0. The van der Waals surface area contributed by atoms with Gasteiger partial charge in [-0.3, -0.25) is 9.59 Å². The Hall–Kier alpha value is -3.01. The van der Waals surface area contributed by atoms with E-state index in [1.807, 2.05) is 30.3 Å². The molecule has 0 amide bonds. The summed E-state index contributed by atoms with van der Waals surface area (Å²) < 4.78 is 4.28. The summed E-state index contributed by atoms with van der Waals surface area (Å²) in [4.78, 5) is 27.2. The van der Waals surface area contributed by atoms with Crippen molar-refractivity contribution in [3.8, 4) is 0 Å². The molecule has 5 rings (SSSR count). The molecular weight excluding hydrogens is 372 g/mol. The molecule has 0 spiro atoms. The van der Waals surface area contributed by atoms with Gasteiger partial charge in [-0.05, 0) is 31.2 Å². The quantitative estimate of drug-likeness (QED) is 0.367. The fourth-order valence-electron chi connectivity index (χ4n) is 5.20. The molecule has 0 N–H and O–H groups in total. The minimum absolute atomic E-state index is 0.0145. The molecule has 1 fully saturated rings. The fraction of sp³-hybridized carbons (Fsp3) is 0.346. The van der Waals surface area contributed by atoms with Crippen LogP contribution in [0.2, 0.25) is 0 Å². The Morgan fingerprint density at radius 3 is 2.10 bits per heavy atom. The fourth-order valence-corrected chi connectivity index (χ4v) is 5.20. The van der Waals surface area contributed by atoms with Crippen molar-refractivity contribution in [2.45, 2.75) is 58.0 Å². The average Bonchev–Trinajstić information content (AvgIpc) is 2.93. The molecule has 2 aliphatic carbocycles. The Morgan fingerprint density at radius 2 is 1.43 bits per heavy atom. The van der Waals surface area contributed by atoms with E-state index in [0.717, 1.165) is 24.2 Å². The zero-order chi connectivity index (χ0) is 20.7. The maximum atomic E-state index is 13.6. The Bertz CT molecular complexity index is 1120. The lowest BCUT2D eigenvalue weighted by molar-refractivity contribution is -0.695. The highest BCUT2D eigenvalue weighted by Gasteiger charge is 2.44. The number of imidazole rings is 1. The molecule has 1 saturated carbocycles. The zero-order valence-electron chi connectivity index (χ0n) is 17.4. The normalized spacial score (nSPS) is 16.8. The lowest BCUT2D eigenvalue weighted by Gasteiger charge is -2.17. The second kappa shape index (κ2) is 7.67. The number of fused-ring (bicyclic) bond motifs is 2. The Morgan fingerprint density at radius 1 is 0.833 bits per heavy atom. The van der Waals surface area contributed by atoms with Gasteiger partial charge in [-0.15, -0.1) is 0 Å². The van der Waals surface area contributed by atoms with Gasteiger partial charge in [0, 0.05) is 18.1 Å². The summed E-state index contributed by atoms with van der Waals surface area (Å²) in [5, 5.41) is 0. The molecule has 2 aliphatic rings. The van der Waals surface area contributed by atoms with Gasteiger partial charge in [0.15, 0.2) is 0 Å². The number of carbonyl (C=O) groups is 2. The highest BCUT2D eigenvalue weighted by Crippen LogP contribution is 2.34. The van der Waals surface area contributed by atoms with Crippen molar-refractivity contribution in [2.75, 3.05) is 0 Å². The molecule has 1 aromatic heterocycles. The number of benzene rings is 2. The van der Waals surface area contributed by atoms with Crippen LogP contribution in [0.15, 0.2) is 54.6 Å². The number of hydrogen-bond acceptors (Lipinski definition) is 2. The van der Waals surface area contributed by atoms with Gasteiger partial charge < -0.3 is 0 Å². The standard InChI is InChI=1S/C26H27N2O2/c1-18-27(17-19-11-5-4-6-12-19)23-24(28(18)20-13-7-2-3-8-14-20)26(30)22-16-10-9-15-21(22)25(23)29/h4-6,9-12,15-16,20H,2-3,7-8,13-14,17H2,1H3/q+1. The average molecular weight is 400 g/mol. The minimum atomic E-state index is -0.0356. The van der Waals surface area contributed by atoms with E-state index in [-0.39, 0.29) is 17.6 Å². The summed E-state index contributed by atoms with van der Waals surface area (Å²) in [5.74, 6) is 0.955. The molecular formula is C26H27N2O2+. The Balaban J connectivity index is 1.72. The maximum Gasteiger partial charge on any atom is 0.254 e. The molecule has 0 saturated heterocycles. The van der Waals surface area contributed by atoms with E-state index in [4.69, 9.17) is 0 Å². The largest absolute Gasteiger partial charge is 0.284 e. The summed E-state index contributed by atoms with van der Waals surface area (Å²) in [6, 6.07) is 17.7. The summed E-state index contributed by atoms with van der Waals surface area (Å²) >= 11 is 0. The van der Waals surface area contributed by atoms with Crippen LogP contribution >= 0.6 is 0 Å². The van der Waals surface area contributed by atoms with Gasteiger partial charge in [-0.1, -0.05) is 67.4 Å². The van der Waals surface area contributed by atoms with Crippen LogP contribution in [0.25, 0.3) is 0 Å². The summed E-state index contributed by atoms with van der Waals surface area (Å²) in [6.07, 6.45) is 6.98. The van der Waals surface area contributed by atoms with Gasteiger partial charge >= 0.3 is 0 Å². The Kier molecular flexibility index (Phi) is 4.86. The van der Waals surface area contributed by atoms with Crippen molar-refractivity contribution >= 4 is 11.6 Å². The number of aromatic nitrogens is 2. The van der Waals surface area contributed by atoms with Gasteiger partial charge in [-0.2, -0.15) is 0 Å². The number of hydrogen-bond donors (Lipinski definition) is 0. The van der Waals surface area contributed by atoms with E-state index in [1.165, 1.54) is 25.7 Å². The number of rotatable bonds is 3. The topological polar surface area (TPSA) is 43.0 Å². The molecule has 0 radical (unpaired) electrons. The van der Waals surface area contributed by atoms with E-state index in [1.54, 1.807) is 12.1 Å². The molecule has 152 valence electrons. The van der Waals surface area contributed by atoms with Crippen LogP contribution in [0.3, 0.4) is 0 Å². The number of carbonyl (C=O) groups excluding carboxylic acids is 2. The van der Waals surface area contributed by atoms with Crippen molar-refractivity contribution < 1.29 is 14.2 Å². The Labute approximate surface area is 177 Å². The van der Waals surface area contributed by atoms with Crippen molar-refractivity contribution in [1.29, 1.82) is 0 Å². The molecule has 0 atom stereocenters. The minimum Gasteiger partial charge on any atom is -0.284 e. The predicted molar refractivity (Wildman–Crippen MR) is 115 cm³/mol. The molecule has 4 nitrogen and oxygen atoms in total. The van der Waals surface area contributed by atoms with E-state index < -0.39 is 0 Å². The van der Waals surface area contributed by atoms with Crippen molar-refractivity contribution in [3.63, 3.8) is 0 Å². The summed E-state index contributed by atoms with van der Waals surface area (Å²) in [5.41, 5.74) is 3.35. The molecule has 4 heteroatoms. The highest BCUT2D eigenvalue weighted by molar-refractivity contribution is 6.26. The molecule has 0 unspecified atom stereocenters. The third-order valence-corrected chi connectivity index (χ3v) is 6.69. The van der Waals surface area contributed by atoms with E-state index in [2.05, 4.69) is 28.2 Å². The third kappa shape index (κ3) is 3.02. The SMILES string of the molecule is Cc1n(C2CCCCCC2)c2c([n+]1Cc1ccccc1)C(=O)c1ccccc1C2=O. The smallest absolute Gasteiger partial charge is 0.254 e. The van der Waals surface area contributed by atoms with Crippen LogP contribution < -0.4 is 4.57 Å². The molecule has 1 heterocycles. The van der Waals surface area contributed by atoms with Crippen LogP contribution in [0, 0.1) is 6.92 Å². The number of nitrogens with zero attached hydrogens (tertiary/aromatic N) is 2. The molecule has 30 heavy (non-hydrogen) atoms. The first-order valence-electron chi connectivity index (χ1n) is 11.0. The molecule has 3 aromatic rings. The maximum absolute atomic E-state index is 13.6. The van der Waals surface area contributed by atoms with Crippen LogP contribution in [0.5, 0.6) is 0 Å². The van der Waals surface area contributed by atoms with Gasteiger partial charge in [0.05, 0.1) is 0 Å². The summed E-state index contributed by atoms with van der Waals surface area (Å²) in [6.45, 7) is 2.66. The lowest BCUT2D eigenvalue weighted by atomic mass is 9.89. The van der Waals surface area contributed by atoms with Crippen molar-refractivity contribution in [2.24, 2.45) is 0 Å². The van der Waals surface area contributed by atoms with Gasteiger partial charge in [0.25, 0.3) is 5.82 Å². The molecule has 0 aliphatic heterocycles. The van der Waals surface area contributed by atoms with E-state index in [9.17, 15) is 9.59 Å². The summed E-state index contributed by atoms with van der Waals surface area (Å²) in [7, 11) is 0. The first kappa shape index (κ1) is 19.0. The monoisotopic (exact) mass is 399 g/mol. The van der Waals surface area contributed by atoms with Crippen molar-refractivity contribution in [3.05, 3.63) is 88.5 Å². The van der Waals surface area contributed by atoms with Gasteiger partial charge in [0.2, 0.25) is 23.0 Å². The lowest BCUT2D eigenvalue weighted by Crippen LogP contribution is -2.43. The van der Waals surface area contributed by atoms with Crippen LogP contribution in [-0.2, 0) is 6.54 Å². The number of ketones is 2. The zero-order valence-corrected chi connectivity index (χ0v) is 17.4. The van der Waals surface area contributed by atoms with Crippen molar-refractivity contribution in [1.82, 2.24) is 4.57 Å². The first-order chi connectivity index (χ1) is 14.7. The molecule has 0 bridgehead atoms. The van der Waals surface area contributed by atoms with Crippen LogP contribution in [0.4, 0.5) is 0 Å². The van der Waals surface area contributed by atoms with E-state index in [0.29, 0.717) is 29.1 Å². The van der Waals surface area contributed by atoms with E-state index >= 15 is 0 Å². The van der Waals surface area contributed by atoms with Crippen LogP contribution in [-0.4, -0.2) is 16.1 Å². The van der Waals surface area contributed by atoms with Gasteiger partial charge in [-0.25, -0.2) is 9.13 Å². The van der Waals surface area contributed by atoms with Crippen LogP contribution in [0.1, 0.15) is 88.1 Å².